The third-order valence-electron chi connectivity index (χ3n) is 3.12. The van der Waals surface area contributed by atoms with Crippen LogP contribution in [0.4, 0.5) is 0 Å². The predicted octanol–water partition coefficient (Wildman–Crippen LogP) is 2.15. The lowest BCUT2D eigenvalue weighted by Gasteiger charge is -2.10. The first kappa shape index (κ1) is 12.5. The van der Waals surface area contributed by atoms with Crippen molar-refractivity contribution in [3.63, 3.8) is 0 Å². The molecule has 20 heavy (non-hydrogen) atoms. The molecule has 1 saturated carbocycles. The van der Waals surface area contributed by atoms with E-state index in [-0.39, 0.29) is 11.7 Å². The van der Waals surface area contributed by atoms with Crippen molar-refractivity contribution in [3.8, 4) is 23.1 Å². The summed E-state index contributed by atoms with van der Waals surface area (Å²) in [4.78, 5) is 18.6. The number of ether oxygens (including phenoxy) is 2. The molecule has 104 valence electrons. The molecule has 3 rings (SSSR count). The van der Waals surface area contributed by atoms with Gasteiger partial charge in [0.1, 0.15) is 5.82 Å². The van der Waals surface area contributed by atoms with Crippen molar-refractivity contribution in [2.45, 2.75) is 18.8 Å². The van der Waals surface area contributed by atoms with E-state index in [0.29, 0.717) is 17.3 Å². The van der Waals surface area contributed by atoms with Gasteiger partial charge in [0.25, 0.3) is 17.2 Å². The first-order chi connectivity index (χ1) is 9.69. The number of rotatable bonds is 4. The minimum atomic E-state index is -0.495. The highest BCUT2D eigenvalue weighted by Gasteiger charge is 2.28. The molecule has 0 spiro atoms. The summed E-state index contributed by atoms with van der Waals surface area (Å²) >= 11 is 0. The van der Waals surface area contributed by atoms with Crippen molar-refractivity contribution in [3.05, 3.63) is 40.4 Å². The van der Waals surface area contributed by atoms with E-state index < -0.39 is 11.4 Å². The van der Waals surface area contributed by atoms with Crippen LogP contribution in [0.1, 0.15) is 24.6 Å². The lowest BCUT2D eigenvalue weighted by Crippen LogP contribution is -2.13. The number of nitrogens with zero attached hydrogens (tertiary/aromatic N) is 1. The Labute approximate surface area is 115 Å². The number of aromatic hydroxyl groups is 1. The molecule has 1 aromatic heterocycles. The Morgan fingerprint density at radius 3 is 2.60 bits per heavy atom. The summed E-state index contributed by atoms with van der Waals surface area (Å²) in [6.07, 6.45) is 1.96. The summed E-state index contributed by atoms with van der Waals surface area (Å²) < 4.78 is 10.6. The predicted molar refractivity (Wildman–Crippen MR) is 71.6 cm³/mol. The zero-order valence-electron chi connectivity index (χ0n) is 10.9. The number of aromatic amines is 1. The second kappa shape index (κ2) is 4.88. The van der Waals surface area contributed by atoms with Crippen LogP contribution < -0.4 is 15.0 Å². The van der Waals surface area contributed by atoms with Crippen LogP contribution in [0.5, 0.6) is 23.1 Å². The van der Waals surface area contributed by atoms with Crippen LogP contribution in [-0.2, 0) is 0 Å². The molecule has 6 heteroatoms. The quantitative estimate of drug-likeness (QED) is 0.892. The second-order valence-electron chi connectivity index (χ2n) is 4.63. The van der Waals surface area contributed by atoms with E-state index in [1.54, 1.807) is 24.3 Å². The molecule has 0 radical (unpaired) electrons. The van der Waals surface area contributed by atoms with E-state index in [4.69, 9.17) is 9.47 Å². The van der Waals surface area contributed by atoms with E-state index in [0.717, 1.165) is 12.8 Å². The zero-order valence-corrected chi connectivity index (χ0v) is 10.9. The van der Waals surface area contributed by atoms with Crippen LogP contribution in [0.2, 0.25) is 0 Å². The van der Waals surface area contributed by atoms with E-state index in [9.17, 15) is 9.90 Å². The molecule has 0 bridgehead atoms. The van der Waals surface area contributed by atoms with Crippen molar-refractivity contribution in [2.75, 3.05) is 7.11 Å². The summed E-state index contributed by atoms with van der Waals surface area (Å²) in [6.45, 7) is 0. The summed E-state index contributed by atoms with van der Waals surface area (Å²) in [5.41, 5.74) is -0.495. The SMILES string of the molecule is COc1ccccc1Oc1c(O)nc(C2CC2)[nH]c1=O. The van der Waals surface area contributed by atoms with Crippen LogP contribution in [0, 0.1) is 0 Å². The monoisotopic (exact) mass is 274 g/mol. The van der Waals surface area contributed by atoms with E-state index >= 15 is 0 Å². The molecule has 0 saturated heterocycles. The summed E-state index contributed by atoms with van der Waals surface area (Å²) in [5.74, 6) is 0.948. The number of hydrogen-bond acceptors (Lipinski definition) is 5. The fourth-order valence-corrected chi connectivity index (χ4v) is 1.92. The van der Waals surface area contributed by atoms with Gasteiger partial charge in [-0.05, 0) is 25.0 Å². The van der Waals surface area contributed by atoms with E-state index in [1.807, 2.05) is 0 Å². The number of hydrogen-bond donors (Lipinski definition) is 2. The Hall–Kier alpha value is -2.50. The highest BCUT2D eigenvalue weighted by Crippen LogP contribution is 2.39. The number of aromatic nitrogens is 2. The van der Waals surface area contributed by atoms with Gasteiger partial charge in [-0.25, -0.2) is 0 Å². The molecule has 2 N–H and O–H groups in total. The fraction of sp³-hybridized carbons (Fsp3) is 0.286. The van der Waals surface area contributed by atoms with Gasteiger partial charge in [0.2, 0.25) is 0 Å². The third-order valence-corrected chi connectivity index (χ3v) is 3.12. The van der Waals surface area contributed by atoms with Crippen molar-refractivity contribution < 1.29 is 14.6 Å². The fourth-order valence-electron chi connectivity index (χ4n) is 1.92. The molecular formula is C14H14N2O4. The molecule has 6 nitrogen and oxygen atoms in total. The first-order valence-corrected chi connectivity index (χ1v) is 6.33. The number of H-pyrrole nitrogens is 1. The van der Waals surface area contributed by atoms with Crippen LogP contribution in [0.25, 0.3) is 0 Å². The maximum atomic E-state index is 12.0. The largest absolute Gasteiger partial charge is 0.493 e. The smallest absolute Gasteiger partial charge is 0.298 e. The molecule has 1 aliphatic carbocycles. The molecule has 2 aromatic rings. The van der Waals surface area contributed by atoms with Crippen molar-refractivity contribution in [1.29, 1.82) is 0 Å². The van der Waals surface area contributed by atoms with Gasteiger partial charge >= 0.3 is 0 Å². The Kier molecular flexibility index (Phi) is 3.06. The molecule has 0 amide bonds. The Morgan fingerprint density at radius 2 is 2.00 bits per heavy atom. The topological polar surface area (TPSA) is 84.4 Å². The van der Waals surface area contributed by atoms with Gasteiger partial charge in [-0.2, -0.15) is 4.98 Å². The number of methoxy groups -OCH3 is 1. The van der Waals surface area contributed by atoms with Crippen LogP contribution in [0.15, 0.2) is 29.1 Å². The summed E-state index contributed by atoms with van der Waals surface area (Å²) in [5, 5.41) is 9.88. The van der Waals surface area contributed by atoms with Gasteiger partial charge < -0.3 is 19.6 Å². The Bertz CT molecular complexity index is 692. The van der Waals surface area contributed by atoms with Gasteiger partial charge in [0, 0.05) is 5.92 Å². The average Bonchev–Trinajstić information content (AvgIpc) is 3.27. The zero-order chi connectivity index (χ0) is 14.1. The molecule has 0 atom stereocenters. The number of nitrogens with one attached hydrogen (secondary N) is 1. The van der Waals surface area contributed by atoms with Gasteiger partial charge in [-0.1, -0.05) is 12.1 Å². The standard InChI is InChI=1S/C14H14N2O4/c1-19-9-4-2-3-5-10(9)20-11-13(17)15-12(8-6-7-8)16-14(11)18/h2-5,8H,6-7H2,1H3,(H2,15,16,17,18). The van der Waals surface area contributed by atoms with E-state index in [2.05, 4.69) is 9.97 Å². The second-order valence-corrected chi connectivity index (χ2v) is 4.63. The maximum Gasteiger partial charge on any atom is 0.298 e. The van der Waals surface area contributed by atoms with Crippen molar-refractivity contribution in [2.24, 2.45) is 0 Å². The van der Waals surface area contributed by atoms with E-state index in [1.165, 1.54) is 7.11 Å². The number of para-hydroxylation sites is 2. The molecule has 1 aromatic carbocycles. The lowest BCUT2D eigenvalue weighted by molar-refractivity contribution is 0.356. The first-order valence-electron chi connectivity index (χ1n) is 6.33. The lowest BCUT2D eigenvalue weighted by atomic mass is 10.3. The molecule has 1 aliphatic rings. The summed E-state index contributed by atoms with van der Waals surface area (Å²) in [6, 6.07) is 6.87. The summed E-state index contributed by atoms with van der Waals surface area (Å²) in [7, 11) is 1.50. The van der Waals surface area contributed by atoms with Crippen LogP contribution >= 0.6 is 0 Å². The Morgan fingerprint density at radius 1 is 1.30 bits per heavy atom. The molecule has 0 unspecified atom stereocenters. The Balaban J connectivity index is 1.96. The van der Waals surface area contributed by atoms with Gasteiger partial charge in [0.05, 0.1) is 7.11 Å². The number of benzene rings is 1. The highest BCUT2D eigenvalue weighted by atomic mass is 16.5. The highest BCUT2D eigenvalue weighted by molar-refractivity contribution is 5.44. The van der Waals surface area contributed by atoms with Crippen molar-refractivity contribution >= 4 is 0 Å². The molecule has 1 heterocycles. The molecular weight excluding hydrogens is 260 g/mol. The van der Waals surface area contributed by atoms with Crippen LogP contribution in [-0.4, -0.2) is 22.2 Å². The maximum absolute atomic E-state index is 12.0. The van der Waals surface area contributed by atoms with Gasteiger partial charge in [-0.3, -0.25) is 4.79 Å². The van der Waals surface area contributed by atoms with Gasteiger partial charge in [0.15, 0.2) is 11.5 Å². The third kappa shape index (κ3) is 2.32. The molecule has 0 aliphatic heterocycles. The average molecular weight is 274 g/mol. The minimum Gasteiger partial charge on any atom is -0.493 e. The molecule has 1 fully saturated rings. The van der Waals surface area contributed by atoms with Crippen molar-refractivity contribution in [1.82, 2.24) is 9.97 Å². The van der Waals surface area contributed by atoms with Gasteiger partial charge in [-0.15, -0.1) is 0 Å². The minimum absolute atomic E-state index is 0.223. The van der Waals surface area contributed by atoms with Crippen LogP contribution in [0.3, 0.4) is 0 Å². The normalized spacial score (nSPS) is 14.1.